The maximum atomic E-state index is 13.0. The molecule has 2 aliphatic heterocycles. The van der Waals surface area contributed by atoms with Gasteiger partial charge < -0.3 is 14.4 Å². The summed E-state index contributed by atoms with van der Waals surface area (Å²) in [5.41, 5.74) is 4.15. The van der Waals surface area contributed by atoms with Crippen LogP contribution in [0.3, 0.4) is 0 Å². The summed E-state index contributed by atoms with van der Waals surface area (Å²) in [6.07, 6.45) is 0.138. The molecule has 5 rings (SSSR count). The van der Waals surface area contributed by atoms with E-state index in [4.69, 9.17) is 9.47 Å². The molecule has 6 heteroatoms. The number of aromatic amines is 1. The zero-order valence-electron chi connectivity index (χ0n) is 16.7. The molecule has 1 unspecified atom stereocenters. The van der Waals surface area contributed by atoms with E-state index in [1.165, 1.54) is 0 Å². The third-order valence-corrected chi connectivity index (χ3v) is 5.08. The van der Waals surface area contributed by atoms with Gasteiger partial charge in [-0.15, -0.1) is 0 Å². The van der Waals surface area contributed by atoms with Crippen LogP contribution in [0.15, 0.2) is 54.6 Å². The monoisotopic (exact) mass is 391 g/mol. The Kier molecular flexibility index (Phi) is 5.51. The highest BCUT2D eigenvalue weighted by Crippen LogP contribution is 2.33. The number of amides is 1. The van der Waals surface area contributed by atoms with Crippen molar-refractivity contribution in [1.82, 2.24) is 15.1 Å². The van der Waals surface area contributed by atoms with Gasteiger partial charge in [-0.05, 0) is 12.1 Å². The quantitative estimate of drug-likeness (QED) is 0.721. The maximum Gasteiger partial charge on any atom is 0.267 e. The van der Waals surface area contributed by atoms with Gasteiger partial charge in [0.05, 0.1) is 5.69 Å². The third-order valence-electron chi connectivity index (χ3n) is 5.08. The summed E-state index contributed by atoms with van der Waals surface area (Å²) in [4.78, 5) is 14.9. The number of H-pyrrole nitrogens is 1. The second-order valence-electron chi connectivity index (χ2n) is 6.77. The van der Waals surface area contributed by atoms with E-state index in [9.17, 15) is 4.79 Å². The van der Waals surface area contributed by atoms with Gasteiger partial charge in [0.15, 0.2) is 11.5 Å². The largest absolute Gasteiger partial charge is 0.485 e. The van der Waals surface area contributed by atoms with Gasteiger partial charge in [0.25, 0.3) is 5.91 Å². The molecule has 0 bridgehead atoms. The summed E-state index contributed by atoms with van der Waals surface area (Å²) in [6, 6.07) is 17.5. The first kappa shape index (κ1) is 19.1. The molecule has 2 aliphatic rings. The Labute approximate surface area is 170 Å². The molecule has 0 spiro atoms. The lowest BCUT2D eigenvalue weighted by Crippen LogP contribution is -2.47. The molecule has 150 valence electrons. The van der Waals surface area contributed by atoms with Crippen LogP contribution < -0.4 is 9.47 Å². The van der Waals surface area contributed by atoms with Crippen molar-refractivity contribution >= 4 is 5.91 Å². The minimum atomic E-state index is -0.617. The summed E-state index contributed by atoms with van der Waals surface area (Å²) in [6.45, 7) is 5.40. The number of carbonyl (C=O) groups excluding carboxylic acids is 1. The highest BCUT2D eigenvalue weighted by Gasteiger charge is 2.34. The predicted molar refractivity (Wildman–Crippen MR) is 111 cm³/mol. The van der Waals surface area contributed by atoms with Crippen molar-refractivity contribution in [2.45, 2.75) is 32.9 Å². The van der Waals surface area contributed by atoms with Crippen molar-refractivity contribution in [2.24, 2.45) is 0 Å². The number of benzene rings is 2. The lowest BCUT2D eigenvalue weighted by atomic mass is 10.0. The van der Waals surface area contributed by atoms with Crippen molar-refractivity contribution in [3.8, 4) is 22.8 Å². The van der Waals surface area contributed by atoms with Gasteiger partial charge >= 0.3 is 0 Å². The zero-order valence-corrected chi connectivity index (χ0v) is 16.7. The average molecular weight is 391 g/mol. The molecule has 0 fully saturated rings. The fourth-order valence-corrected chi connectivity index (χ4v) is 3.66. The van der Waals surface area contributed by atoms with Crippen LogP contribution in [0.4, 0.5) is 0 Å². The van der Waals surface area contributed by atoms with Crippen LogP contribution in [-0.4, -0.2) is 40.3 Å². The Balaban J connectivity index is 0.000000994. The van der Waals surface area contributed by atoms with Crippen molar-refractivity contribution in [2.75, 3.05) is 13.2 Å². The molecule has 1 amide bonds. The number of carbonyl (C=O) groups is 1. The highest BCUT2D eigenvalue weighted by atomic mass is 16.6. The third kappa shape index (κ3) is 3.70. The number of ether oxygens (including phenoxy) is 2. The van der Waals surface area contributed by atoms with Crippen LogP contribution in [-0.2, 0) is 17.8 Å². The summed E-state index contributed by atoms with van der Waals surface area (Å²) >= 11 is 0. The molecule has 3 heterocycles. The number of hydrogen-bond acceptors (Lipinski definition) is 4. The van der Waals surface area contributed by atoms with E-state index in [1.54, 1.807) is 0 Å². The fraction of sp³-hybridized carbons (Fsp3) is 0.304. The number of hydrogen-bond donors (Lipinski definition) is 1. The molecule has 29 heavy (non-hydrogen) atoms. The predicted octanol–water partition coefficient (Wildman–Crippen LogP) is 3.83. The van der Waals surface area contributed by atoms with E-state index < -0.39 is 6.10 Å². The van der Waals surface area contributed by atoms with E-state index in [2.05, 4.69) is 10.2 Å². The van der Waals surface area contributed by atoms with E-state index in [0.717, 1.165) is 28.9 Å². The maximum absolute atomic E-state index is 13.0. The minimum Gasteiger partial charge on any atom is -0.485 e. The van der Waals surface area contributed by atoms with E-state index in [-0.39, 0.29) is 12.5 Å². The van der Waals surface area contributed by atoms with Crippen molar-refractivity contribution in [3.63, 3.8) is 0 Å². The number of aromatic nitrogens is 2. The SMILES string of the molecule is CC.O=C(C1COc2ccccc2O1)N1CCc2[nH]nc(-c3ccccc3)c2C1. The number of fused-ring (bicyclic) bond motifs is 2. The summed E-state index contributed by atoms with van der Waals surface area (Å²) in [7, 11) is 0. The van der Waals surface area contributed by atoms with Crippen LogP contribution in [0, 0.1) is 0 Å². The Bertz CT molecular complexity index is 984. The molecule has 0 saturated heterocycles. The van der Waals surface area contributed by atoms with Crippen LogP contribution >= 0.6 is 0 Å². The molecule has 1 aromatic heterocycles. The lowest BCUT2D eigenvalue weighted by Gasteiger charge is -2.32. The smallest absolute Gasteiger partial charge is 0.267 e. The Morgan fingerprint density at radius 3 is 2.59 bits per heavy atom. The molecule has 0 radical (unpaired) electrons. The molecule has 3 aromatic rings. The summed E-state index contributed by atoms with van der Waals surface area (Å²) in [5, 5.41) is 7.62. The van der Waals surface area contributed by atoms with Gasteiger partial charge in [0.1, 0.15) is 6.61 Å². The Morgan fingerprint density at radius 1 is 1.07 bits per heavy atom. The average Bonchev–Trinajstić information content (AvgIpc) is 3.23. The topological polar surface area (TPSA) is 67.5 Å². The first-order valence-corrected chi connectivity index (χ1v) is 10.1. The molecule has 0 aliphatic carbocycles. The van der Waals surface area contributed by atoms with Gasteiger partial charge in [-0.1, -0.05) is 56.3 Å². The van der Waals surface area contributed by atoms with Gasteiger partial charge in [0, 0.05) is 36.3 Å². The summed E-state index contributed by atoms with van der Waals surface area (Å²) in [5.74, 6) is 1.26. The fourth-order valence-electron chi connectivity index (χ4n) is 3.66. The molecular weight excluding hydrogens is 366 g/mol. The summed E-state index contributed by atoms with van der Waals surface area (Å²) < 4.78 is 11.6. The second-order valence-corrected chi connectivity index (χ2v) is 6.77. The van der Waals surface area contributed by atoms with E-state index >= 15 is 0 Å². The van der Waals surface area contributed by atoms with Crippen molar-refractivity contribution in [3.05, 3.63) is 65.9 Å². The van der Waals surface area contributed by atoms with Crippen LogP contribution in [0.5, 0.6) is 11.5 Å². The molecule has 0 saturated carbocycles. The molecular formula is C23H25N3O3. The van der Waals surface area contributed by atoms with E-state index in [1.807, 2.05) is 73.3 Å². The minimum absolute atomic E-state index is 0.0460. The van der Waals surface area contributed by atoms with E-state index in [0.29, 0.717) is 24.6 Å². The molecule has 1 N–H and O–H groups in total. The Morgan fingerprint density at radius 2 is 1.79 bits per heavy atom. The molecule has 6 nitrogen and oxygen atoms in total. The lowest BCUT2D eigenvalue weighted by molar-refractivity contribution is -0.142. The van der Waals surface area contributed by atoms with Gasteiger partial charge in [-0.2, -0.15) is 5.10 Å². The highest BCUT2D eigenvalue weighted by molar-refractivity contribution is 5.82. The first-order valence-electron chi connectivity index (χ1n) is 10.1. The zero-order chi connectivity index (χ0) is 20.2. The van der Waals surface area contributed by atoms with Gasteiger partial charge in [0.2, 0.25) is 6.10 Å². The standard InChI is InChI=1S/C21H19N3O3.C2H6/c25-21(19-13-26-17-8-4-5-9-18(17)27-19)24-11-10-16-15(12-24)20(23-22-16)14-6-2-1-3-7-14;1-2/h1-9,19H,10-13H2,(H,22,23);1-2H3. The van der Waals surface area contributed by atoms with Crippen molar-refractivity contribution < 1.29 is 14.3 Å². The number of rotatable bonds is 2. The number of para-hydroxylation sites is 2. The second kappa shape index (κ2) is 8.39. The van der Waals surface area contributed by atoms with Gasteiger partial charge in [-0.3, -0.25) is 9.89 Å². The Hall–Kier alpha value is -3.28. The van der Waals surface area contributed by atoms with Crippen LogP contribution in [0.2, 0.25) is 0 Å². The van der Waals surface area contributed by atoms with Gasteiger partial charge in [-0.25, -0.2) is 0 Å². The van der Waals surface area contributed by atoms with Crippen molar-refractivity contribution in [1.29, 1.82) is 0 Å². The first-order chi connectivity index (χ1) is 14.3. The van der Waals surface area contributed by atoms with Crippen LogP contribution in [0.25, 0.3) is 11.3 Å². The number of nitrogens with one attached hydrogen (secondary N) is 1. The molecule has 1 atom stereocenters. The normalized spacial score (nSPS) is 17.0. The molecule has 2 aromatic carbocycles. The van der Waals surface area contributed by atoms with Crippen LogP contribution in [0.1, 0.15) is 25.1 Å². The number of nitrogens with zero attached hydrogens (tertiary/aromatic N) is 2.